The zero-order chi connectivity index (χ0) is 18.7. The van der Waals surface area contributed by atoms with Crippen LogP contribution in [0.15, 0.2) is 53.9 Å². The van der Waals surface area contributed by atoms with Crippen molar-refractivity contribution in [2.45, 2.75) is 31.5 Å². The van der Waals surface area contributed by atoms with E-state index in [4.69, 9.17) is 4.84 Å². The molecule has 27 heavy (non-hydrogen) atoms. The van der Waals surface area contributed by atoms with Crippen LogP contribution in [0.25, 0.3) is 0 Å². The van der Waals surface area contributed by atoms with Crippen LogP contribution >= 0.6 is 0 Å². The van der Waals surface area contributed by atoms with Gasteiger partial charge >= 0.3 is 0 Å². The summed E-state index contributed by atoms with van der Waals surface area (Å²) in [4.78, 5) is 24.5. The fraction of sp³-hybridized carbons (Fsp3) is 0.350. The Bertz CT molecular complexity index is 841. The Kier molecular flexibility index (Phi) is 4.85. The average molecular weight is 368 g/mol. The number of rotatable bonds is 5. The highest BCUT2D eigenvalue weighted by Crippen LogP contribution is 2.34. The minimum atomic E-state index is -0.412. The van der Waals surface area contributed by atoms with Gasteiger partial charge in [-0.1, -0.05) is 23.4 Å². The van der Waals surface area contributed by atoms with E-state index in [1.165, 1.54) is 12.1 Å². The van der Waals surface area contributed by atoms with Gasteiger partial charge in [0.15, 0.2) is 5.60 Å². The molecule has 6 nitrogen and oxygen atoms in total. The van der Waals surface area contributed by atoms with Crippen LogP contribution in [0.3, 0.4) is 0 Å². The third kappa shape index (κ3) is 4.14. The Hall–Kier alpha value is -2.80. The van der Waals surface area contributed by atoms with Crippen molar-refractivity contribution in [2.75, 3.05) is 13.1 Å². The van der Waals surface area contributed by atoms with Crippen LogP contribution < -0.4 is 5.32 Å². The number of aromatic nitrogens is 1. The molecule has 2 aliphatic heterocycles. The van der Waals surface area contributed by atoms with E-state index in [-0.39, 0.29) is 11.7 Å². The fourth-order valence-corrected chi connectivity index (χ4v) is 3.56. The van der Waals surface area contributed by atoms with Crippen LogP contribution in [-0.4, -0.2) is 40.2 Å². The molecule has 1 atom stereocenters. The summed E-state index contributed by atoms with van der Waals surface area (Å²) < 4.78 is 12.9. The number of carbonyl (C=O) groups excluding carboxylic acids is 1. The molecule has 140 valence electrons. The second kappa shape index (κ2) is 7.44. The molecular formula is C20H21FN4O2. The lowest BCUT2D eigenvalue weighted by molar-refractivity contribution is -0.115. The lowest BCUT2D eigenvalue weighted by Crippen LogP contribution is -2.36. The number of likely N-dealkylation sites (tertiary alicyclic amines) is 1. The Morgan fingerprint density at radius 2 is 2.11 bits per heavy atom. The van der Waals surface area contributed by atoms with Crippen molar-refractivity contribution in [3.05, 3.63) is 65.7 Å². The summed E-state index contributed by atoms with van der Waals surface area (Å²) in [5.41, 5.74) is 2.00. The molecule has 4 rings (SSSR count). The first-order valence-corrected chi connectivity index (χ1v) is 9.01. The number of hydrogen-bond donors (Lipinski definition) is 1. The van der Waals surface area contributed by atoms with Gasteiger partial charge in [0.2, 0.25) is 0 Å². The monoisotopic (exact) mass is 368 g/mol. The summed E-state index contributed by atoms with van der Waals surface area (Å²) in [5.74, 6) is -0.528. The molecule has 2 aromatic rings. The molecule has 1 N–H and O–H groups in total. The number of nitrogens with one attached hydrogen (secondary N) is 1. The molecule has 0 saturated carbocycles. The first-order valence-electron chi connectivity index (χ1n) is 9.01. The summed E-state index contributed by atoms with van der Waals surface area (Å²) in [5, 5.41) is 6.87. The number of nitrogens with zero attached hydrogens (tertiary/aromatic N) is 3. The van der Waals surface area contributed by atoms with E-state index in [1.54, 1.807) is 18.3 Å². The maximum atomic E-state index is 12.9. The van der Waals surface area contributed by atoms with Gasteiger partial charge in [-0.15, -0.1) is 0 Å². The lowest BCUT2D eigenvalue weighted by Gasteiger charge is -2.21. The maximum absolute atomic E-state index is 12.9. The lowest BCUT2D eigenvalue weighted by atomic mass is 9.96. The zero-order valence-corrected chi connectivity index (χ0v) is 14.9. The second-order valence-corrected chi connectivity index (χ2v) is 7.12. The van der Waals surface area contributed by atoms with Gasteiger partial charge in [-0.25, -0.2) is 4.39 Å². The van der Waals surface area contributed by atoms with Crippen LogP contribution in [0.1, 0.15) is 24.0 Å². The summed E-state index contributed by atoms with van der Waals surface area (Å²) in [6.45, 7) is 2.78. The van der Waals surface area contributed by atoms with Gasteiger partial charge in [0.05, 0.1) is 0 Å². The van der Waals surface area contributed by atoms with Gasteiger partial charge in [0.25, 0.3) is 5.91 Å². The fourth-order valence-electron chi connectivity index (χ4n) is 3.56. The first-order chi connectivity index (χ1) is 13.1. The zero-order valence-electron chi connectivity index (χ0n) is 14.9. The van der Waals surface area contributed by atoms with Gasteiger partial charge in [-0.3, -0.25) is 14.7 Å². The van der Waals surface area contributed by atoms with Crippen LogP contribution in [0.2, 0.25) is 0 Å². The van der Waals surface area contributed by atoms with E-state index in [0.717, 1.165) is 37.2 Å². The Morgan fingerprint density at radius 3 is 2.89 bits per heavy atom. The maximum Gasteiger partial charge on any atom is 0.269 e. The minimum Gasteiger partial charge on any atom is -0.387 e. The number of carbonyl (C=O) groups is 1. The normalized spacial score (nSPS) is 21.9. The van der Waals surface area contributed by atoms with Crippen LogP contribution in [0, 0.1) is 5.82 Å². The van der Waals surface area contributed by atoms with E-state index >= 15 is 0 Å². The smallest absolute Gasteiger partial charge is 0.269 e. The van der Waals surface area contributed by atoms with Crippen LogP contribution in [0.5, 0.6) is 0 Å². The van der Waals surface area contributed by atoms with Crippen molar-refractivity contribution in [2.24, 2.45) is 5.16 Å². The number of halogens is 1. The highest BCUT2D eigenvalue weighted by Gasteiger charge is 2.46. The number of hydrogen-bond acceptors (Lipinski definition) is 5. The summed E-state index contributed by atoms with van der Waals surface area (Å²) in [6, 6.07) is 10.0. The molecule has 1 saturated heterocycles. The van der Waals surface area contributed by atoms with Crippen molar-refractivity contribution >= 4 is 11.6 Å². The predicted molar refractivity (Wildman–Crippen MR) is 98.2 cm³/mol. The van der Waals surface area contributed by atoms with Crippen molar-refractivity contribution in [3.63, 3.8) is 0 Å². The molecule has 7 heteroatoms. The molecule has 3 heterocycles. The molecule has 1 spiro atoms. The van der Waals surface area contributed by atoms with Crippen molar-refractivity contribution < 1.29 is 14.0 Å². The summed E-state index contributed by atoms with van der Waals surface area (Å²) in [6.07, 6.45) is 4.97. The Balaban J connectivity index is 1.29. The van der Waals surface area contributed by atoms with E-state index in [9.17, 15) is 9.18 Å². The van der Waals surface area contributed by atoms with Gasteiger partial charge < -0.3 is 10.2 Å². The number of oxime groups is 1. The van der Waals surface area contributed by atoms with Crippen LogP contribution in [0.4, 0.5) is 4.39 Å². The second-order valence-electron chi connectivity index (χ2n) is 7.12. The average Bonchev–Trinajstić information content (AvgIpc) is 3.29. The molecule has 0 bridgehead atoms. The van der Waals surface area contributed by atoms with Gasteiger partial charge in [-0.05, 0) is 29.3 Å². The third-order valence-corrected chi connectivity index (χ3v) is 4.99. The molecule has 1 fully saturated rings. The van der Waals surface area contributed by atoms with Gasteiger partial charge in [-0.2, -0.15) is 0 Å². The molecule has 0 unspecified atom stereocenters. The van der Waals surface area contributed by atoms with E-state index in [1.807, 2.05) is 12.3 Å². The SMILES string of the molecule is O=C(NCc1ccc(F)cc1)C1=NO[C@@]2(CCN(Cc3cccnc3)C2)C1. The van der Waals surface area contributed by atoms with Gasteiger partial charge in [0.1, 0.15) is 11.5 Å². The molecule has 1 aromatic heterocycles. The molecule has 1 amide bonds. The number of benzene rings is 1. The summed E-state index contributed by atoms with van der Waals surface area (Å²) >= 11 is 0. The van der Waals surface area contributed by atoms with Crippen LogP contribution in [-0.2, 0) is 22.7 Å². The Labute approximate surface area is 157 Å². The molecule has 0 radical (unpaired) electrons. The van der Waals surface area contributed by atoms with E-state index < -0.39 is 5.60 Å². The number of pyridine rings is 1. The summed E-state index contributed by atoms with van der Waals surface area (Å²) in [7, 11) is 0. The highest BCUT2D eigenvalue weighted by atomic mass is 19.1. The van der Waals surface area contributed by atoms with E-state index in [0.29, 0.717) is 18.7 Å². The molecule has 0 aliphatic carbocycles. The van der Waals surface area contributed by atoms with Crippen molar-refractivity contribution in [1.29, 1.82) is 0 Å². The Morgan fingerprint density at radius 1 is 1.26 bits per heavy atom. The standard InChI is InChI=1S/C20H21FN4O2/c21-17-5-3-15(4-6-17)12-23-19(26)18-10-20(27-24-18)7-9-25(14-20)13-16-2-1-8-22-11-16/h1-6,8,11H,7,9-10,12-14H2,(H,23,26)/t20-/m0/s1. The first kappa shape index (κ1) is 17.6. The largest absolute Gasteiger partial charge is 0.387 e. The van der Waals surface area contributed by atoms with E-state index in [2.05, 4.69) is 26.4 Å². The highest BCUT2D eigenvalue weighted by molar-refractivity contribution is 6.39. The molecular weight excluding hydrogens is 347 g/mol. The molecule has 2 aliphatic rings. The van der Waals surface area contributed by atoms with Crippen molar-refractivity contribution in [1.82, 2.24) is 15.2 Å². The van der Waals surface area contributed by atoms with Crippen molar-refractivity contribution in [3.8, 4) is 0 Å². The number of amides is 1. The van der Waals surface area contributed by atoms with Gasteiger partial charge in [0, 0.05) is 51.4 Å². The molecule has 1 aromatic carbocycles. The quantitative estimate of drug-likeness (QED) is 0.879. The third-order valence-electron chi connectivity index (χ3n) is 4.99. The topological polar surface area (TPSA) is 66.8 Å². The minimum absolute atomic E-state index is 0.234. The predicted octanol–water partition coefficient (Wildman–Crippen LogP) is 2.26.